The average Bonchev–Trinajstić information content (AvgIpc) is 2.28. The second-order valence-corrected chi connectivity index (χ2v) is 4.06. The SMILES string of the molecule is COc1ccc(Cl)cc1NCCCCC(=O)O. The summed E-state index contributed by atoms with van der Waals surface area (Å²) in [6.45, 7) is 0.698. The molecule has 94 valence electrons. The number of ether oxygens (including phenoxy) is 1. The molecule has 0 aliphatic carbocycles. The number of carboxylic acids is 1. The van der Waals surface area contributed by atoms with E-state index in [9.17, 15) is 4.79 Å². The van der Waals surface area contributed by atoms with Crippen molar-refractivity contribution in [3.05, 3.63) is 23.2 Å². The van der Waals surface area contributed by atoms with Gasteiger partial charge in [0.2, 0.25) is 0 Å². The lowest BCUT2D eigenvalue weighted by atomic mass is 10.2. The summed E-state index contributed by atoms with van der Waals surface area (Å²) in [5.41, 5.74) is 0.829. The van der Waals surface area contributed by atoms with Crippen LogP contribution in [0.4, 0.5) is 5.69 Å². The fourth-order valence-corrected chi connectivity index (χ4v) is 1.61. The Hall–Kier alpha value is -1.42. The Morgan fingerprint density at radius 1 is 1.47 bits per heavy atom. The minimum atomic E-state index is -0.759. The van der Waals surface area contributed by atoms with Gasteiger partial charge in [-0.25, -0.2) is 0 Å². The summed E-state index contributed by atoms with van der Waals surface area (Å²) in [7, 11) is 1.60. The highest BCUT2D eigenvalue weighted by atomic mass is 35.5. The van der Waals surface area contributed by atoms with Gasteiger partial charge in [0.15, 0.2) is 0 Å². The Bertz CT molecular complexity index is 382. The van der Waals surface area contributed by atoms with Crippen LogP contribution in [0.25, 0.3) is 0 Å². The molecule has 4 nitrogen and oxygen atoms in total. The predicted octanol–water partition coefficient (Wildman–Crippen LogP) is 3.02. The van der Waals surface area contributed by atoms with Crippen LogP contribution in [0.5, 0.6) is 5.75 Å². The molecular weight excluding hydrogens is 242 g/mol. The standard InChI is InChI=1S/C12H16ClNO3/c1-17-11-6-5-9(13)8-10(11)14-7-3-2-4-12(15)16/h5-6,8,14H,2-4,7H2,1H3,(H,15,16). The van der Waals surface area contributed by atoms with Crippen LogP contribution in [0.2, 0.25) is 5.02 Å². The maximum Gasteiger partial charge on any atom is 0.303 e. The van der Waals surface area contributed by atoms with Gasteiger partial charge < -0.3 is 15.2 Å². The molecule has 2 N–H and O–H groups in total. The number of anilines is 1. The highest BCUT2D eigenvalue weighted by molar-refractivity contribution is 6.30. The van der Waals surface area contributed by atoms with Crippen molar-refractivity contribution < 1.29 is 14.6 Å². The second-order valence-electron chi connectivity index (χ2n) is 3.62. The van der Waals surface area contributed by atoms with Gasteiger partial charge >= 0.3 is 5.97 Å². The fraction of sp³-hybridized carbons (Fsp3) is 0.417. The lowest BCUT2D eigenvalue weighted by Gasteiger charge is -2.11. The number of unbranched alkanes of at least 4 members (excludes halogenated alkanes) is 1. The first kappa shape index (κ1) is 13.6. The van der Waals surface area contributed by atoms with Gasteiger partial charge in [-0.1, -0.05) is 11.6 Å². The number of aliphatic carboxylic acids is 1. The Labute approximate surface area is 106 Å². The highest BCUT2D eigenvalue weighted by Gasteiger charge is 2.03. The molecule has 0 saturated heterocycles. The molecule has 0 saturated carbocycles. The summed E-state index contributed by atoms with van der Waals surface area (Å²) in [5.74, 6) is -0.0297. The summed E-state index contributed by atoms with van der Waals surface area (Å²) in [5, 5.41) is 12.3. The lowest BCUT2D eigenvalue weighted by Crippen LogP contribution is -2.04. The van der Waals surface area contributed by atoms with Crippen molar-refractivity contribution in [2.75, 3.05) is 19.0 Å². The van der Waals surface area contributed by atoms with Gasteiger partial charge in [-0.05, 0) is 31.0 Å². The molecule has 0 aliphatic rings. The van der Waals surface area contributed by atoms with Gasteiger partial charge in [-0.15, -0.1) is 0 Å². The number of methoxy groups -OCH3 is 1. The van der Waals surface area contributed by atoms with Crippen LogP contribution < -0.4 is 10.1 Å². The molecule has 0 spiro atoms. The maximum atomic E-state index is 10.3. The van der Waals surface area contributed by atoms with E-state index in [-0.39, 0.29) is 6.42 Å². The molecular formula is C12H16ClNO3. The topological polar surface area (TPSA) is 58.6 Å². The van der Waals surface area contributed by atoms with Crippen molar-refractivity contribution in [3.63, 3.8) is 0 Å². The first-order chi connectivity index (χ1) is 8.13. The normalized spacial score (nSPS) is 10.0. The molecule has 0 aliphatic heterocycles. The summed E-state index contributed by atoms with van der Waals surface area (Å²) in [4.78, 5) is 10.3. The monoisotopic (exact) mass is 257 g/mol. The largest absolute Gasteiger partial charge is 0.495 e. The van der Waals surface area contributed by atoms with Crippen LogP contribution >= 0.6 is 11.6 Å². The summed E-state index contributed by atoms with van der Waals surface area (Å²) < 4.78 is 5.18. The van der Waals surface area contributed by atoms with Gasteiger partial charge in [0.05, 0.1) is 12.8 Å². The summed E-state index contributed by atoms with van der Waals surface area (Å²) >= 11 is 5.88. The van der Waals surface area contributed by atoms with Crippen LogP contribution in [0.1, 0.15) is 19.3 Å². The number of carboxylic acid groups (broad SMARTS) is 1. The number of hydrogen-bond donors (Lipinski definition) is 2. The van der Waals surface area contributed by atoms with Crippen LogP contribution in [-0.2, 0) is 4.79 Å². The van der Waals surface area contributed by atoms with E-state index < -0.39 is 5.97 Å². The predicted molar refractivity (Wildman–Crippen MR) is 68.0 cm³/mol. The Morgan fingerprint density at radius 3 is 2.88 bits per heavy atom. The lowest BCUT2D eigenvalue weighted by molar-refractivity contribution is -0.137. The molecule has 0 bridgehead atoms. The van der Waals surface area contributed by atoms with Crippen molar-refractivity contribution in [1.29, 1.82) is 0 Å². The van der Waals surface area contributed by atoms with E-state index in [1.807, 2.05) is 0 Å². The van der Waals surface area contributed by atoms with Crippen molar-refractivity contribution in [2.45, 2.75) is 19.3 Å². The molecule has 0 atom stereocenters. The molecule has 5 heteroatoms. The second kappa shape index (κ2) is 7.01. The first-order valence-electron chi connectivity index (χ1n) is 5.42. The number of carbonyl (C=O) groups is 1. The Balaban J connectivity index is 2.40. The van der Waals surface area contributed by atoms with E-state index in [0.717, 1.165) is 17.9 Å². The number of nitrogens with one attached hydrogen (secondary N) is 1. The first-order valence-corrected chi connectivity index (χ1v) is 5.80. The van der Waals surface area contributed by atoms with Gasteiger partial charge in [-0.3, -0.25) is 4.79 Å². The van der Waals surface area contributed by atoms with Crippen molar-refractivity contribution in [2.24, 2.45) is 0 Å². The van der Waals surface area contributed by atoms with Crippen LogP contribution in [-0.4, -0.2) is 24.7 Å². The van der Waals surface area contributed by atoms with E-state index in [1.54, 1.807) is 25.3 Å². The molecule has 17 heavy (non-hydrogen) atoms. The van der Waals surface area contributed by atoms with E-state index in [0.29, 0.717) is 18.0 Å². The third kappa shape index (κ3) is 4.95. The van der Waals surface area contributed by atoms with Crippen LogP contribution in [0.15, 0.2) is 18.2 Å². The minimum absolute atomic E-state index is 0.203. The van der Waals surface area contributed by atoms with Gasteiger partial charge in [-0.2, -0.15) is 0 Å². The van der Waals surface area contributed by atoms with Crippen LogP contribution in [0.3, 0.4) is 0 Å². The summed E-state index contributed by atoms with van der Waals surface area (Å²) in [6.07, 6.45) is 1.65. The molecule has 1 aromatic rings. The molecule has 1 aromatic carbocycles. The molecule has 0 radical (unpaired) electrons. The zero-order valence-corrected chi connectivity index (χ0v) is 10.5. The third-order valence-corrected chi connectivity index (χ3v) is 2.53. The third-order valence-electron chi connectivity index (χ3n) is 2.29. The van der Waals surface area contributed by atoms with Crippen molar-refractivity contribution in [1.82, 2.24) is 0 Å². The van der Waals surface area contributed by atoms with Crippen LogP contribution in [0, 0.1) is 0 Å². The zero-order chi connectivity index (χ0) is 12.7. The smallest absolute Gasteiger partial charge is 0.303 e. The van der Waals surface area contributed by atoms with Crippen molar-refractivity contribution in [3.8, 4) is 5.75 Å². The van der Waals surface area contributed by atoms with Gasteiger partial charge in [0.25, 0.3) is 0 Å². The van der Waals surface area contributed by atoms with E-state index in [2.05, 4.69) is 5.32 Å². The molecule has 1 rings (SSSR count). The van der Waals surface area contributed by atoms with E-state index in [1.165, 1.54) is 0 Å². The molecule has 0 fully saturated rings. The number of benzene rings is 1. The summed E-state index contributed by atoms with van der Waals surface area (Å²) in [6, 6.07) is 5.34. The molecule has 0 aromatic heterocycles. The fourth-order valence-electron chi connectivity index (χ4n) is 1.44. The van der Waals surface area contributed by atoms with E-state index in [4.69, 9.17) is 21.4 Å². The van der Waals surface area contributed by atoms with Gasteiger partial charge in [0.1, 0.15) is 5.75 Å². The molecule has 0 unspecified atom stereocenters. The Kier molecular flexibility index (Phi) is 5.63. The van der Waals surface area contributed by atoms with Gasteiger partial charge in [0, 0.05) is 18.0 Å². The van der Waals surface area contributed by atoms with Crippen molar-refractivity contribution >= 4 is 23.3 Å². The minimum Gasteiger partial charge on any atom is -0.495 e. The molecule has 0 heterocycles. The number of hydrogen-bond acceptors (Lipinski definition) is 3. The highest BCUT2D eigenvalue weighted by Crippen LogP contribution is 2.27. The Morgan fingerprint density at radius 2 is 2.24 bits per heavy atom. The zero-order valence-electron chi connectivity index (χ0n) is 9.70. The number of rotatable bonds is 7. The quantitative estimate of drug-likeness (QED) is 0.737. The average molecular weight is 258 g/mol. The van der Waals surface area contributed by atoms with E-state index >= 15 is 0 Å². The number of halogens is 1. The molecule has 0 amide bonds. The maximum absolute atomic E-state index is 10.3.